The van der Waals surface area contributed by atoms with Crippen LogP contribution >= 0.6 is 0 Å². The summed E-state index contributed by atoms with van der Waals surface area (Å²) >= 11 is 0. The first-order valence-electron chi connectivity index (χ1n) is 5.96. The molecule has 0 aromatic heterocycles. The molecule has 0 unspecified atom stereocenters. The summed E-state index contributed by atoms with van der Waals surface area (Å²) in [5.74, 6) is 0. The van der Waals surface area contributed by atoms with Crippen LogP contribution in [0.15, 0.2) is 18.2 Å². The van der Waals surface area contributed by atoms with Gasteiger partial charge in [0.1, 0.15) is 0 Å². The SMILES string of the molecule is CC.Cc1ccc2c(c1C)[C]=CCCC2. The van der Waals surface area contributed by atoms with Crippen LogP contribution in [0.5, 0.6) is 0 Å². The van der Waals surface area contributed by atoms with Gasteiger partial charge in [-0.2, -0.15) is 0 Å². The van der Waals surface area contributed by atoms with E-state index in [0.717, 1.165) is 0 Å². The second kappa shape index (κ2) is 5.75. The Labute approximate surface area is 94.0 Å². The maximum absolute atomic E-state index is 3.41. The molecule has 0 heteroatoms. The Balaban J connectivity index is 0.000000531. The van der Waals surface area contributed by atoms with Crippen LogP contribution in [0.25, 0.3) is 0 Å². The normalized spacial score (nSPS) is 13.6. The number of benzene rings is 1. The van der Waals surface area contributed by atoms with Crippen LogP contribution in [0, 0.1) is 19.9 Å². The van der Waals surface area contributed by atoms with Crippen molar-refractivity contribution in [3.05, 3.63) is 46.5 Å². The third kappa shape index (κ3) is 2.71. The maximum Gasteiger partial charge on any atom is -0.0117 e. The van der Waals surface area contributed by atoms with Crippen molar-refractivity contribution < 1.29 is 0 Å². The molecule has 1 aromatic rings. The summed E-state index contributed by atoms with van der Waals surface area (Å²) in [7, 11) is 0. The first-order valence-corrected chi connectivity index (χ1v) is 5.96. The molecule has 1 aliphatic rings. The van der Waals surface area contributed by atoms with E-state index in [1.165, 1.54) is 41.5 Å². The predicted octanol–water partition coefficient (Wildman–Crippen LogP) is 4.37. The van der Waals surface area contributed by atoms with Gasteiger partial charge in [-0.25, -0.2) is 0 Å². The van der Waals surface area contributed by atoms with Crippen molar-refractivity contribution >= 4 is 0 Å². The van der Waals surface area contributed by atoms with E-state index >= 15 is 0 Å². The lowest BCUT2D eigenvalue weighted by molar-refractivity contribution is 0.850. The molecule has 81 valence electrons. The third-order valence-corrected chi connectivity index (χ3v) is 2.86. The highest BCUT2D eigenvalue weighted by molar-refractivity contribution is 5.44. The van der Waals surface area contributed by atoms with E-state index < -0.39 is 0 Å². The molecule has 0 heterocycles. The van der Waals surface area contributed by atoms with E-state index in [-0.39, 0.29) is 0 Å². The highest BCUT2D eigenvalue weighted by Gasteiger charge is 2.07. The Morgan fingerprint density at radius 3 is 2.60 bits per heavy atom. The number of aryl methyl sites for hydroxylation is 2. The number of fused-ring (bicyclic) bond motifs is 1. The van der Waals surface area contributed by atoms with Crippen molar-refractivity contribution in [1.29, 1.82) is 0 Å². The van der Waals surface area contributed by atoms with Gasteiger partial charge in [-0.3, -0.25) is 0 Å². The van der Waals surface area contributed by atoms with Gasteiger partial charge in [0.25, 0.3) is 0 Å². The van der Waals surface area contributed by atoms with Crippen molar-refractivity contribution in [2.24, 2.45) is 0 Å². The predicted molar refractivity (Wildman–Crippen MR) is 67.1 cm³/mol. The standard InChI is InChI=1S/C13H15.C2H6/c1-10-8-9-12-6-4-3-5-7-13(12)11(10)2;1-2/h5,8-9H,3-4,6H2,1-2H3;1-2H3. The molecule has 0 spiro atoms. The zero-order valence-corrected chi connectivity index (χ0v) is 10.4. The van der Waals surface area contributed by atoms with Crippen LogP contribution in [0.2, 0.25) is 0 Å². The Bertz CT molecular complexity index is 345. The van der Waals surface area contributed by atoms with Crippen LogP contribution in [0.1, 0.15) is 48.9 Å². The molecular weight excluding hydrogens is 180 g/mol. The van der Waals surface area contributed by atoms with Gasteiger partial charge in [0.15, 0.2) is 0 Å². The van der Waals surface area contributed by atoms with Crippen molar-refractivity contribution in [3.8, 4) is 0 Å². The first-order chi connectivity index (χ1) is 7.29. The summed E-state index contributed by atoms with van der Waals surface area (Å²) in [5.41, 5.74) is 5.59. The minimum Gasteiger partial charge on any atom is -0.0760 e. The zero-order valence-electron chi connectivity index (χ0n) is 10.4. The Morgan fingerprint density at radius 1 is 1.13 bits per heavy atom. The van der Waals surface area contributed by atoms with Gasteiger partial charge >= 0.3 is 0 Å². The number of hydrogen-bond acceptors (Lipinski definition) is 0. The number of allylic oxidation sites excluding steroid dienone is 1. The van der Waals surface area contributed by atoms with Crippen molar-refractivity contribution in [3.63, 3.8) is 0 Å². The molecule has 0 bridgehead atoms. The molecule has 0 fully saturated rings. The topological polar surface area (TPSA) is 0 Å². The number of rotatable bonds is 0. The molecule has 0 aliphatic heterocycles. The van der Waals surface area contributed by atoms with Crippen LogP contribution in [0.4, 0.5) is 0 Å². The zero-order chi connectivity index (χ0) is 11.3. The van der Waals surface area contributed by atoms with Gasteiger partial charge in [0.2, 0.25) is 0 Å². The maximum atomic E-state index is 3.41. The molecule has 15 heavy (non-hydrogen) atoms. The van der Waals surface area contributed by atoms with E-state index in [2.05, 4.69) is 38.1 Å². The Hall–Kier alpha value is -1.04. The molecule has 0 amide bonds. The molecule has 0 atom stereocenters. The smallest absolute Gasteiger partial charge is 0.0117 e. The minimum atomic E-state index is 1.17. The Kier molecular flexibility index (Phi) is 4.61. The quantitative estimate of drug-likeness (QED) is 0.584. The second-order valence-corrected chi connectivity index (χ2v) is 3.78. The third-order valence-electron chi connectivity index (χ3n) is 2.86. The van der Waals surface area contributed by atoms with Crippen LogP contribution < -0.4 is 0 Å². The van der Waals surface area contributed by atoms with E-state index in [0.29, 0.717) is 0 Å². The molecule has 0 N–H and O–H groups in total. The second-order valence-electron chi connectivity index (χ2n) is 3.78. The average molecular weight is 201 g/mol. The van der Waals surface area contributed by atoms with E-state index in [1.807, 2.05) is 13.8 Å². The van der Waals surface area contributed by atoms with E-state index in [4.69, 9.17) is 0 Å². The van der Waals surface area contributed by atoms with Gasteiger partial charge in [-0.1, -0.05) is 32.1 Å². The fourth-order valence-corrected chi connectivity index (χ4v) is 1.85. The van der Waals surface area contributed by atoms with Crippen molar-refractivity contribution in [1.82, 2.24) is 0 Å². The van der Waals surface area contributed by atoms with Crippen LogP contribution in [0.3, 0.4) is 0 Å². The first kappa shape index (κ1) is 12.0. The highest BCUT2D eigenvalue weighted by atomic mass is 14.1. The van der Waals surface area contributed by atoms with Gasteiger partial charge in [-0.05, 0) is 61.4 Å². The minimum absolute atomic E-state index is 1.17. The molecule has 0 saturated carbocycles. The van der Waals surface area contributed by atoms with Gasteiger partial charge in [-0.15, -0.1) is 0 Å². The molecule has 1 aliphatic carbocycles. The lowest BCUT2D eigenvalue weighted by atomic mass is 9.96. The van der Waals surface area contributed by atoms with Crippen LogP contribution in [-0.4, -0.2) is 0 Å². The molecule has 2 rings (SSSR count). The highest BCUT2D eigenvalue weighted by Crippen LogP contribution is 2.22. The van der Waals surface area contributed by atoms with Gasteiger partial charge in [0, 0.05) is 0 Å². The summed E-state index contributed by atoms with van der Waals surface area (Å²) in [6, 6.07) is 4.48. The summed E-state index contributed by atoms with van der Waals surface area (Å²) in [5, 5.41) is 0. The fourth-order valence-electron chi connectivity index (χ4n) is 1.85. The summed E-state index contributed by atoms with van der Waals surface area (Å²) in [4.78, 5) is 0. The molecule has 1 aromatic carbocycles. The Morgan fingerprint density at radius 2 is 1.87 bits per heavy atom. The average Bonchev–Trinajstić information content (AvgIpc) is 2.52. The largest absolute Gasteiger partial charge is 0.0760 e. The summed E-state index contributed by atoms with van der Waals surface area (Å²) in [6.07, 6.45) is 9.24. The molecule has 1 radical (unpaired) electrons. The summed E-state index contributed by atoms with van der Waals surface area (Å²) in [6.45, 7) is 8.36. The van der Waals surface area contributed by atoms with E-state index in [1.54, 1.807) is 0 Å². The summed E-state index contributed by atoms with van der Waals surface area (Å²) < 4.78 is 0. The van der Waals surface area contributed by atoms with Crippen LogP contribution in [-0.2, 0) is 6.42 Å². The lowest BCUT2D eigenvalue weighted by Crippen LogP contribution is -1.94. The lowest BCUT2D eigenvalue weighted by Gasteiger charge is -2.09. The molecule has 0 saturated heterocycles. The molecular formula is C15H21. The van der Waals surface area contributed by atoms with Gasteiger partial charge < -0.3 is 0 Å². The monoisotopic (exact) mass is 201 g/mol. The number of hydrogen-bond donors (Lipinski definition) is 0. The molecule has 0 nitrogen and oxygen atoms in total. The van der Waals surface area contributed by atoms with Crippen molar-refractivity contribution in [2.75, 3.05) is 0 Å². The van der Waals surface area contributed by atoms with E-state index in [9.17, 15) is 0 Å². The van der Waals surface area contributed by atoms with Gasteiger partial charge in [0.05, 0.1) is 0 Å². The fraction of sp³-hybridized carbons (Fsp3) is 0.467. The van der Waals surface area contributed by atoms with Crippen molar-refractivity contribution in [2.45, 2.75) is 47.0 Å².